The molecule has 3 heterocycles. The number of benzene rings is 1. The summed E-state index contributed by atoms with van der Waals surface area (Å²) in [5, 5.41) is 2.92. The number of pyridine rings is 1. The molecule has 4 rings (SSSR count). The zero-order chi connectivity index (χ0) is 17.2. The minimum Gasteiger partial charge on any atom is -0.326 e. The molecule has 1 aliphatic rings. The average molecular weight is 335 g/mol. The molecule has 2 aromatic heterocycles. The Hall–Kier alpha value is -2.73. The molecule has 0 spiro atoms. The van der Waals surface area contributed by atoms with Gasteiger partial charge < -0.3 is 9.88 Å². The van der Waals surface area contributed by atoms with Gasteiger partial charge in [-0.25, -0.2) is 4.98 Å². The summed E-state index contributed by atoms with van der Waals surface area (Å²) in [4.78, 5) is 23.5. The number of imidazole rings is 1. The molecule has 0 saturated carbocycles. The number of hydrogen-bond donors (Lipinski definition) is 1. The van der Waals surface area contributed by atoms with Gasteiger partial charge in [0.25, 0.3) is 5.91 Å². The minimum absolute atomic E-state index is 0.162. The smallest absolute Gasteiger partial charge is 0.257 e. The SMILES string of the molecule is CCCN1CCn2c(nc3cc(NC(=O)c4cccnc4)ccc32)C1. The zero-order valence-corrected chi connectivity index (χ0v) is 14.3. The predicted octanol–water partition coefficient (Wildman–Crippen LogP) is 2.91. The van der Waals surface area contributed by atoms with Crippen molar-refractivity contribution in [1.29, 1.82) is 0 Å². The van der Waals surface area contributed by atoms with Crippen LogP contribution in [0.15, 0.2) is 42.7 Å². The van der Waals surface area contributed by atoms with Crippen molar-refractivity contribution < 1.29 is 4.79 Å². The molecule has 1 amide bonds. The Balaban J connectivity index is 1.58. The van der Waals surface area contributed by atoms with E-state index in [1.54, 1.807) is 24.5 Å². The molecule has 128 valence electrons. The predicted molar refractivity (Wildman–Crippen MR) is 97.5 cm³/mol. The number of rotatable bonds is 4. The highest BCUT2D eigenvalue weighted by molar-refractivity contribution is 6.04. The van der Waals surface area contributed by atoms with Crippen LogP contribution in [0.1, 0.15) is 29.5 Å². The molecule has 0 unspecified atom stereocenters. The van der Waals surface area contributed by atoms with Crippen molar-refractivity contribution in [1.82, 2.24) is 19.4 Å². The molecule has 0 bridgehead atoms. The van der Waals surface area contributed by atoms with Gasteiger partial charge >= 0.3 is 0 Å². The summed E-state index contributed by atoms with van der Waals surface area (Å²) in [6.45, 7) is 6.23. The number of aromatic nitrogens is 3. The number of carbonyl (C=O) groups is 1. The molecule has 1 aliphatic heterocycles. The molecule has 0 fully saturated rings. The van der Waals surface area contributed by atoms with Gasteiger partial charge in [-0.1, -0.05) is 6.92 Å². The number of fused-ring (bicyclic) bond motifs is 3. The molecule has 1 N–H and O–H groups in total. The van der Waals surface area contributed by atoms with E-state index in [0.717, 1.165) is 55.1 Å². The number of nitrogens with one attached hydrogen (secondary N) is 1. The van der Waals surface area contributed by atoms with Crippen LogP contribution in [0.4, 0.5) is 5.69 Å². The summed E-state index contributed by atoms with van der Waals surface area (Å²) in [6.07, 6.45) is 4.37. The fourth-order valence-corrected chi connectivity index (χ4v) is 3.36. The second-order valence-corrected chi connectivity index (χ2v) is 6.36. The van der Waals surface area contributed by atoms with Crippen molar-refractivity contribution in [3.05, 3.63) is 54.1 Å². The molecular weight excluding hydrogens is 314 g/mol. The van der Waals surface area contributed by atoms with Gasteiger partial charge in [-0.05, 0) is 43.3 Å². The van der Waals surface area contributed by atoms with E-state index in [9.17, 15) is 4.79 Å². The van der Waals surface area contributed by atoms with Crippen LogP contribution in [0.5, 0.6) is 0 Å². The topological polar surface area (TPSA) is 63.1 Å². The molecule has 0 radical (unpaired) electrons. The van der Waals surface area contributed by atoms with Gasteiger partial charge in [0.15, 0.2) is 0 Å². The van der Waals surface area contributed by atoms with Gasteiger partial charge in [0.1, 0.15) is 5.82 Å². The van der Waals surface area contributed by atoms with E-state index >= 15 is 0 Å². The van der Waals surface area contributed by atoms with Crippen molar-refractivity contribution in [2.75, 3.05) is 18.4 Å². The van der Waals surface area contributed by atoms with Crippen LogP contribution in [-0.2, 0) is 13.1 Å². The fraction of sp³-hybridized carbons (Fsp3) is 0.316. The van der Waals surface area contributed by atoms with Crippen molar-refractivity contribution in [2.24, 2.45) is 0 Å². The molecule has 6 heteroatoms. The molecule has 6 nitrogen and oxygen atoms in total. The maximum Gasteiger partial charge on any atom is 0.257 e. The first-order valence-corrected chi connectivity index (χ1v) is 8.67. The molecule has 0 atom stereocenters. The maximum absolute atomic E-state index is 12.3. The summed E-state index contributed by atoms with van der Waals surface area (Å²) in [5.41, 5.74) is 3.35. The lowest BCUT2D eigenvalue weighted by Gasteiger charge is -2.27. The van der Waals surface area contributed by atoms with Gasteiger partial charge in [0.05, 0.1) is 23.1 Å². The zero-order valence-electron chi connectivity index (χ0n) is 14.3. The Kier molecular flexibility index (Phi) is 4.19. The third kappa shape index (κ3) is 3.13. The summed E-state index contributed by atoms with van der Waals surface area (Å²) in [5.74, 6) is 0.941. The van der Waals surface area contributed by atoms with Crippen LogP contribution in [0.3, 0.4) is 0 Å². The van der Waals surface area contributed by atoms with Crippen LogP contribution in [0, 0.1) is 0 Å². The third-order valence-electron chi connectivity index (χ3n) is 4.55. The Labute approximate surface area is 146 Å². The second-order valence-electron chi connectivity index (χ2n) is 6.36. The second kappa shape index (κ2) is 6.64. The van der Waals surface area contributed by atoms with E-state index < -0.39 is 0 Å². The number of nitrogens with zero attached hydrogens (tertiary/aromatic N) is 4. The first-order chi connectivity index (χ1) is 12.2. The molecule has 25 heavy (non-hydrogen) atoms. The number of hydrogen-bond acceptors (Lipinski definition) is 4. The Morgan fingerprint density at radius 1 is 1.28 bits per heavy atom. The number of anilines is 1. The van der Waals surface area contributed by atoms with E-state index in [4.69, 9.17) is 4.98 Å². The van der Waals surface area contributed by atoms with Crippen molar-refractivity contribution >= 4 is 22.6 Å². The lowest BCUT2D eigenvalue weighted by Crippen LogP contribution is -2.34. The highest BCUT2D eigenvalue weighted by atomic mass is 16.1. The van der Waals surface area contributed by atoms with Crippen LogP contribution in [0.2, 0.25) is 0 Å². The Morgan fingerprint density at radius 2 is 2.20 bits per heavy atom. The van der Waals surface area contributed by atoms with Crippen molar-refractivity contribution in [2.45, 2.75) is 26.4 Å². The van der Waals surface area contributed by atoms with Crippen LogP contribution in [0.25, 0.3) is 11.0 Å². The van der Waals surface area contributed by atoms with E-state index in [0.29, 0.717) is 5.56 Å². The van der Waals surface area contributed by atoms with Gasteiger partial charge in [-0.15, -0.1) is 0 Å². The monoisotopic (exact) mass is 335 g/mol. The molecule has 3 aromatic rings. The Morgan fingerprint density at radius 3 is 3.00 bits per heavy atom. The normalized spacial score (nSPS) is 14.4. The largest absolute Gasteiger partial charge is 0.326 e. The first-order valence-electron chi connectivity index (χ1n) is 8.67. The minimum atomic E-state index is -0.162. The van der Waals surface area contributed by atoms with E-state index in [1.807, 2.05) is 18.2 Å². The number of amides is 1. The summed E-state index contributed by atoms with van der Waals surface area (Å²) >= 11 is 0. The quantitative estimate of drug-likeness (QED) is 0.796. The van der Waals surface area contributed by atoms with Gasteiger partial charge in [0.2, 0.25) is 0 Å². The molecule has 0 aliphatic carbocycles. The van der Waals surface area contributed by atoms with Gasteiger partial charge in [0, 0.05) is 31.2 Å². The highest BCUT2D eigenvalue weighted by Crippen LogP contribution is 2.24. The van der Waals surface area contributed by atoms with Gasteiger partial charge in [-0.3, -0.25) is 14.7 Å². The third-order valence-corrected chi connectivity index (χ3v) is 4.55. The standard InChI is InChI=1S/C19H21N5O/c1-2-8-23-9-10-24-17-6-5-15(11-16(17)22-18(24)13-23)21-19(25)14-4-3-7-20-12-14/h3-7,11-12H,2,8-10,13H2,1H3,(H,21,25). The summed E-state index contributed by atoms with van der Waals surface area (Å²) in [7, 11) is 0. The lowest BCUT2D eigenvalue weighted by atomic mass is 10.2. The van der Waals surface area contributed by atoms with Crippen LogP contribution >= 0.6 is 0 Å². The van der Waals surface area contributed by atoms with Crippen LogP contribution < -0.4 is 5.32 Å². The molecular formula is C19H21N5O. The molecule has 0 saturated heterocycles. The molecule has 1 aromatic carbocycles. The van der Waals surface area contributed by atoms with Gasteiger partial charge in [-0.2, -0.15) is 0 Å². The lowest BCUT2D eigenvalue weighted by molar-refractivity contribution is 0.102. The van der Waals surface area contributed by atoms with Crippen molar-refractivity contribution in [3.8, 4) is 0 Å². The Bertz CT molecular complexity index is 903. The highest BCUT2D eigenvalue weighted by Gasteiger charge is 2.19. The summed E-state index contributed by atoms with van der Waals surface area (Å²) in [6, 6.07) is 9.42. The summed E-state index contributed by atoms with van der Waals surface area (Å²) < 4.78 is 2.29. The fourth-order valence-electron chi connectivity index (χ4n) is 3.36. The van der Waals surface area contributed by atoms with Crippen LogP contribution in [-0.4, -0.2) is 38.4 Å². The first kappa shape index (κ1) is 15.8. The van der Waals surface area contributed by atoms with E-state index in [1.165, 1.54) is 0 Å². The maximum atomic E-state index is 12.3. The van der Waals surface area contributed by atoms with Crippen molar-refractivity contribution in [3.63, 3.8) is 0 Å². The van der Waals surface area contributed by atoms with E-state index in [2.05, 4.69) is 26.7 Å². The average Bonchev–Trinajstić information content (AvgIpc) is 2.99. The van der Waals surface area contributed by atoms with E-state index in [-0.39, 0.29) is 5.91 Å². The number of carbonyl (C=O) groups excluding carboxylic acids is 1.